The van der Waals surface area contributed by atoms with Crippen molar-refractivity contribution in [3.8, 4) is 11.1 Å². The predicted molar refractivity (Wildman–Crippen MR) is 120 cm³/mol. The Kier molecular flexibility index (Phi) is 5.83. The minimum Gasteiger partial charge on any atom is -0.512 e. The van der Waals surface area contributed by atoms with Crippen molar-refractivity contribution in [2.45, 2.75) is 58.8 Å². The van der Waals surface area contributed by atoms with Gasteiger partial charge in [-0.1, -0.05) is 36.7 Å². The zero-order chi connectivity index (χ0) is 20.5. The van der Waals surface area contributed by atoms with Crippen LogP contribution >= 0.6 is 11.6 Å². The molecule has 1 fully saturated rings. The van der Waals surface area contributed by atoms with Crippen molar-refractivity contribution in [1.29, 1.82) is 0 Å². The van der Waals surface area contributed by atoms with E-state index in [1.807, 2.05) is 25.1 Å². The highest BCUT2D eigenvalue weighted by Gasteiger charge is 2.31. The van der Waals surface area contributed by atoms with E-state index in [0.717, 1.165) is 64.9 Å². The largest absolute Gasteiger partial charge is 0.512 e. The number of aliphatic hydroxyl groups is 1. The van der Waals surface area contributed by atoms with Gasteiger partial charge in [0.1, 0.15) is 5.76 Å². The van der Waals surface area contributed by atoms with Gasteiger partial charge in [-0.3, -0.25) is 4.79 Å². The summed E-state index contributed by atoms with van der Waals surface area (Å²) in [5.74, 6) is 1.36. The van der Waals surface area contributed by atoms with E-state index in [9.17, 15) is 9.90 Å². The number of aliphatic hydroxyl groups excluding tert-OH is 1. The zero-order valence-corrected chi connectivity index (χ0v) is 18.1. The molecular weight excluding hydrogens is 380 g/mol. The van der Waals surface area contributed by atoms with Gasteiger partial charge >= 0.3 is 0 Å². The molecule has 5 rings (SSSR count). The summed E-state index contributed by atoms with van der Waals surface area (Å²) in [6, 6.07) is 12.2. The van der Waals surface area contributed by atoms with Crippen molar-refractivity contribution in [2.24, 2.45) is 11.8 Å². The number of hydrogen-bond donors (Lipinski definition) is 1. The molecule has 152 valence electrons. The van der Waals surface area contributed by atoms with Crippen LogP contribution < -0.4 is 0 Å². The number of halogens is 1. The van der Waals surface area contributed by atoms with E-state index < -0.39 is 0 Å². The maximum atomic E-state index is 13.3. The normalized spacial score (nSPS) is 24.9. The molecule has 0 spiro atoms. The molecule has 3 aliphatic rings. The van der Waals surface area contributed by atoms with Gasteiger partial charge in [0.25, 0.3) is 0 Å². The second-order valence-electron chi connectivity index (χ2n) is 8.72. The minimum absolute atomic E-state index is 0.106. The number of hydrogen-bond acceptors (Lipinski definition) is 2. The molecule has 0 unspecified atom stereocenters. The maximum Gasteiger partial charge on any atom is 0.167 e. The first kappa shape index (κ1) is 20.2. The second-order valence-corrected chi connectivity index (χ2v) is 9.16. The monoisotopic (exact) mass is 408 g/mol. The summed E-state index contributed by atoms with van der Waals surface area (Å²) in [7, 11) is 0. The van der Waals surface area contributed by atoms with Gasteiger partial charge < -0.3 is 5.11 Å². The van der Waals surface area contributed by atoms with Gasteiger partial charge in [0, 0.05) is 17.9 Å². The van der Waals surface area contributed by atoms with Gasteiger partial charge in [-0.2, -0.15) is 0 Å². The molecule has 0 radical (unpaired) electrons. The number of ketones is 1. The third-order valence-electron chi connectivity index (χ3n) is 6.75. The first-order valence-electron chi connectivity index (χ1n) is 10.8. The van der Waals surface area contributed by atoms with Crippen molar-refractivity contribution < 1.29 is 9.90 Å². The van der Waals surface area contributed by atoms with Gasteiger partial charge in [-0.05, 0) is 96.9 Å². The van der Waals surface area contributed by atoms with E-state index in [-0.39, 0.29) is 5.78 Å². The van der Waals surface area contributed by atoms with Gasteiger partial charge in [0.2, 0.25) is 0 Å². The average molecular weight is 409 g/mol. The Balaban J connectivity index is 1.84. The number of aryl methyl sites for hydroxylation is 2. The lowest BCUT2D eigenvalue weighted by atomic mass is 9.79. The predicted octanol–water partition coefficient (Wildman–Crippen LogP) is 7.32. The molecule has 0 aliphatic heterocycles. The Bertz CT molecular complexity index is 965. The van der Waals surface area contributed by atoms with Crippen molar-refractivity contribution in [1.82, 2.24) is 0 Å². The van der Waals surface area contributed by atoms with Crippen molar-refractivity contribution >= 4 is 23.0 Å². The van der Waals surface area contributed by atoms with E-state index in [0.29, 0.717) is 36.0 Å². The second kappa shape index (κ2) is 8.36. The number of allylic oxidation sites excluding steroid dienone is 2. The molecule has 2 aromatic rings. The third-order valence-corrected chi connectivity index (χ3v) is 6.98. The molecule has 1 N–H and O–H groups in total. The fourth-order valence-corrected chi connectivity index (χ4v) is 5.31. The highest BCUT2D eigenvalue weighted by Crippen LogP contribution is 2.40. The first-order valence-corrected chi connectivity index (χ1v) is 11.2. The first-order chi connectivity index (χ1) is 14.0. The van der Waals surface area contributed by atoms with Crippen LogP contribution in [0.25, 0.3) is 16.7 Å². The highest BCUT2D eigenvalue weighted by molar-refractivity contribution is 6.30. The molecule has 2 bridgehead atoms. The number of benzene rings is 2. The Labute approximate surface area is 178 Å². The summed E-state index contributed by atoms with van der Waals surface area (Å²) < 4.78 is 0. The summed E-state index contributed by atoms with van der Waals surface area (Å²) >= 11 is 6.14. The number of carbonyl (C=O) groups is 1. The molecule has 0 aromatic heterocycles. The summed E-state index contributed by atoms with van der Waals surface area (Å²) in [6.07, 6.45) is 6.48. The van der Waals surface area contributed by atoms with Crippen LogP contribution in [0.3, 0.4) is 0 Å². The molecular formula is C26H29ClO2. The third kappa shape index (κ3) is 4.14. The number of fused-ring (bicyclic) bond motifs is 5. The fourth-order valence-electron chi connectivity index (χ4n) is 5.08. The molecule has 0 atom stereocenters. The number of carbonyl (C=O) groups excluding carboxylic acids is 1. The van der Waals surface area contributed by atoms with Crippen LogP contribution in [0.1, 0.15) is 62.1 Å². The van der Waals surface area contributed by atoms with E-state index in [2.05, 4.69) is 25.1 Å². The molecule has 29 heavy (non-hydrogen) atoms. The Hall–Kier alpha value is -2.06. The quantitative estimate of drug-likeness (QED) is 0.577. The Morgan fingerprint density at radius 1 is 0.966 bits per heavy atom. The Morgan fingerprint density at radius 2 is 1.66 bits per heavy atom. The SMILES string of the molecule is CCc1ccc(-c2ccc(Cl)cc2C)cc1/C1=C(\O)CC2CCC(CC2)CC1=O. The van der Waals surface area contributed by atoms with Gasteiger partial charge in [0.15, 0.2) is 5.78 Å². The van der Waals surface area contributed by atoms with Gasteiger partial charge in [0.05, 0.1) is 5.57 Å². The lowest BCUT2D eigenvalue weighted by Gasteiger charge is -2.26. The van der Waals surface area contributed by atoms with Crippen molar-refractivity contribution in [3.63, 3.8) is 0 Å². The van der Waals surface area contributed by atoms with E-state index in [1.54, 1.807) is 0 Å². The van der Waals surface area contributed by atoms with Crippen molar-refractivity contribution in [2.75, 3.05) is 0 Å². The highest BCUT2D eigenvalue weighted by atomic mass is 35.5. The van der Waals surface area contributed by atoms with E-state index in [4.69, 9.17) is 11.6 Å². The molecule has 3 heteroatoms. The minimum atomic E-state index is 0.106. The van der Waals surface area contributed by atoms with Crippen LogP contribution in [-0.2, 0) is 11.2 Å². The average Bonchev–Trinajstić information content (AvgIpc) is 2.78. The van der Waals surface area contributed by atoms with Crippen LogP contribution in [0, 0.1) is 18.8 Å². The summed E-state index contributed by atoms with van der Waals surface area (Å²) in [5, 5.41) is 11.8. The molecule has 0 heterocycles. The smallest absolute Gasteiger partial charge is 0.167 e. The maximum absolute atomic E-state index is 13.3. The lowest BCUT2D eigenvalue weighted by molar-refractivity contribution is -0.114. The number of rotatable bonds is 3. The number of Topliss-reactive ketones (excluding diaryl/α,β-unsaturated/α-hetero) is 1. The van der Waals surface area contributed by atoms with Crippen LogP contribution in [0.5, 0.6) is 0 Å². The topological polar surface area (TPSA) is 37.3 Å². The van der Waals surface area contributed by atoms with Crippen LogP contribution in [0.2, 0.25) is 5.02 Å². The van der Waals surface area contributed by atoms with Gasteiger partial charge in [-0.25, -0.2) is 0 Å². The van der Waals surface area contributed by atoms with Crippen LogP contribution in [0.4, 0.5) is 0 Å². The lowest BCUT2D eigenvalue weighted by Crippen LogP contribution is -2.15. The standard InChI is InChI=1S/C26H29ClO2/c1-3-19-8-9-20(22-11-10-21(27)12-16(22)2)15-23(19)26-24(28)13-17-4-5-18(7-6-17)14-25(26)29/h8-12,15,17-18,28H,3-7,13-14H2,1-2H3/b26-24+. The molecule has 0 saturated heterocycles. The molecule has 2 aromatic carbocycles. The summed E-state index contributed by atoms with van der Waals surface area (Å²) in [6.45, 7) is 4.15. The molecule has 3 aliphatic carbocycles. The summed E-state index contributed by atoms with van der Waals surface area (Å²) in [4.78, 5) is 13.3. The van der Waals surface area contributed by atoms with Crippen LogP contribution in [-0.4, -0.2) is 10.9 Å². The van der Waals surface area contributed by atoms with Gasteiger partial charge in [-0.15, -0.1) is 0 Å². The van der Waals surface area contributed by atoms with E-state index in [1.165, 1.54) is 0 Å². The molecule has 0 amide bonds. The Morgan fingerprint density at radius 3 is 2.31 bits per heavy atom. The zero-order valence-electron chi connectivity index (χ0n) is 17.3. The summed E-state index contributed by atoms with van der Waals surface area (Å²) in [5.41, 5.74) is 5.85. The molecule has 2 nitrogen and oxygen atoms in total. The van der Waals surface area contributed by atoms with Crippen LogP contribution in [0.15, 0.2) is 42.2 Å². The fraction of sp³-hybridized carbons (Fsp3) is 0.423. The molecule has 1 saturated carbocycles. The van der Waals surface area contributed by atoms with E-state index >= 15 is 0 Å². The van der Waals surface area contributed by atoms with Crippen molar-refractivity contribution in [3.05, 3.63) is 63.9 Å².